The first-order valence-corrected chi connectivity index (χ1v) is 10.5. The van der Waals surface area contributed by atoms with E-state index in [-0.39, 0.29) is 12.3 Å². The van der Waals surface area contributed by atoms with E-state index in [4.69, 9.17) is 34.8 Å². The number of carbonyl (C=O) groups excluding carboxylic acids is 1. The second-order valence-corrected chi connectivity index (χ2v) is 9.85. The van der Waals surface area contributed by atoms with Crippen LogP contribution in [-0.2, 0) is 24.1 Å². The number of halogens is 3. The number of nitrogens with one attached hydrogen (secondary N) is 2. The lowest BCUT2D eigenvalue weighted by Gasteiger charge is -2.27. The van der Waals surface area contributed by atoms with Crippen molar-refractivity contribution in [3.8, 4) is 6.07 Å². The number of aryl methyl sites for hydroxylation is 1. The number of thiophene rings is 1. The molecule has 1 aliphatic carbocycles. The molecule has 1 atom stereocenters. The molecule has 0 saturated heterocycles. The highest BCUT2D eigenvalue weighted by molar-refractivity contribution is 7.16. The molecule has 3 rings (SSSR count). The van der Waals surface area contributed by atoms with Crippen LogP contribution in [0.2, 0.25) is 0 Å². The SMILES string of the molecule is N#Cc1c(N[C@@H](NC(=O)Cc2ccccc2)C(Cl)(Cl)Cl)sc2c1CCCC2. The van der Waals surface area contributed by atoms with Crippen molar-refractivity contribution in [2.24, 2.45) is 0 Å². The highest BCUT2D eigenvalue weighted by atomic mass is 35.6. The number of anilines is 1. The Labute approximate surface area is 177 Å². The van der Waals surface area contributed by atoms with Crippen LogP contribution < -0.4 is 10.6 Å². The number of fused-ring (bicyclic) bond motifs is 1. The lowest BCUT2D eigenvalue weighted by molar-refractivity contribution is -0.120. The zero-order valence-corrected chi connectivity index (χ0v) is 17.5. The number of benzene rings is 1. The molecule has 4 nitrogen and oxygen atoms in total. The molecule has 2 N–H and O–H groups in total. The van der Waals surface area contributed by atoms with Gasteiger partial charge in [0.05, 0.1) is 12.0 Å². The van der Waals surface area contributed by atoms with Crippen molar-refractivity contribution in [1.82, 2.24) is 5.32 Å². The molecular formula is C19H18Cl3N3OS. The van der Waals surface area contributed by atoms with Gasteiger partial charge < -0.3 is 10.6 Å². The maximum absolute atomic E-state index is 12.4. The van der Waals surface area contributed by atoms with E-state index < -0.39 is 9.96 Å². The molecule has 2 aromatic rings. The van der Waals surface area contributed by atoms with Crippen LogP contribution in [0.25, 0.3) is 0 Å². The third kappa shape index (κ3) is 5.08. The van der Waals surface area contributed by atoms with Crippen molar-refractivity contribution in [3.05, 3.63) is 51.9 Å². The average molecular weight is 443 g/mol. The van der Waals surface area contributed by atoms with Gasteiger partial charge in [-0.05, 0) is 36.8 Å². The zero-order valence-electron chi connectivity index (χ0n) is 14.4. The zero-order chi connectivity index (χ0) is 19.4. The Balaban J connectivity index is 1.77. The van der Waals surface area contributed by atoms with Gasteiger partial charge in [0.15, 0.2) is 0 Å². The van der Waals surface area contributed by atoms with Gasteiger partial charge in [-0.1, -0.05) is 65.1 Å². The summed E-state index contributed by atoms with van der Waals surface area (Å²) in [6.07, 6.45) is 3.24. The number of rotatable bonds is 5. The molecule has 1 aliphatic rings. The van der Waals surface area contributed by atoms with E-state index in [0.717, 1.165) is 36.8 Å². The monoisotopic (exact) mass is 441 g/mol. The first-order chi connectivity index (χ1) is 12.9. The molecule has 0 bridgehead atoms. The largest absolute Gasteiger partial charge is 0.352 e. The topological polar surface area (TPSA) is 64.9 Å². The molecule has 0 radical (unpaired) electrons. The summed E-state index contributed by atoms with van der Waals surface area (Å²) in [6, 6.07) is 11.6. The summed E-state index contributed by atoms with van der Waals surface area (Å²) in [5.74, 6) is -0.273. The molecule has 1 aromatic heterocycles. The second-order valence-electron chi connectivity index (χ2n) is 6.38. The molecule has 0 saturated carbocycles. The van der Waals surface area contributed by atoms with Gasteiger partial charge in [-0.15, -0.1) is 11.3 Å². The molecule has 1 heterocycles. The van der Waals surface area contributed by atoms with Gasteiger partial charge in [-0.2, -0.15) is 5.26 Å². The number of amides is 1. The van der Waals surface area contributed by atoms with E-state index >= 15 is 0 Å². The molecule has 0 unspecified atom stereocenters. The van der Waals surface area contributed by atoms with Crippen LogP contribution in [0.15, 0.2) is 30.3 Å². The summed E-state index contributed by atoms with van der Waals surface area (Å²) in [6.45, 7) is 0. The number of nitriles is 1. The van der Waals surface area contributed by atoms with Crippen LogP contribution in [0.1, 0.15) is 34.4 Å². The lowest BCUT2D eigenvalue weighted by Crippen LogP contribution is -2.49. The standard InChI is InChI=1S/C19H18Cl3N3OS/c20-19(21,22)18(24-16(26)10-12-6-2-1-3-7-12)25-17-14(11-23)13-8-4-5-9-15(13)27-17/h1-3,6-7,18,25H,4-5,8-10H2,(H,24,26)/t18-/m1/s1. The number of alkyl halides is 3. The van der Waals surface area contributed by atoms with E-state index in [2.05, 4.69) is 16.7 Å². The Morgan fingerprint density at radius 1 is 1.22 bits per heavy atom. The number of hydrogen-bond donors (Lipinski definition) is 2. The van der Waals surface area contributed by atoms with E-state index in [1.54, 1.807) is 0 Å². The predicted octanol–water partition coefficient (Wildman–Crippen LogP) is 4.97. The number of hydrogen-bond acceptors (Lipinski definition) is 4. The van der Waals surface area contributed by atoms with Gasteiger partial charge in [0.2, 0.25) is 9.70 Å². The minimum absolute atomic E-state index is 0.172. The summed E-state index contributed by atoms with van der Waals surface area (Å²) in [4.78, 5) is 13.6. The maximum Gasteiger partial charge on any atom is 0.228 e. The van der Waals surface area contributed by atoms with E-state index in [9.17, 15) is 10.1 Å². The highest BCUT2D eigenvalue weighted by Gasteiger charge is 2.35. The summed E-state index contributed by atoms with van der Waals surface area (Å²) in [5.41, 5.74) is 2.53. The minimum atomic E-state index is -1.77. The number of nitrogens with zero attached hydrogens (tertiary/aromatic N) is 1. The molecular weight excluding hydrogens is 425 g/mol. The maximum atomic E-state index is 12.4. The van der Waals surface area contributed by atoms with Crippen molar-refractivity contribution in [2.75, 3.05) is 5.32 Å². The van der Waals surface area contributed by atoms with Crippen molar-refractivity contribution >= 4 is 57.0 Å². The van der Waals surface area contributed by atoms with Crippen LogP contribution in [0.3, 0.4) is 0 Å². The Bertz CT molecular complexity index is 856. The molecule has 27 heavy (non-hydrogen) atoms. The smallest absolute Gasteiger partial charge is 0.228 e. The van der Waals surface area contributed by atoms with Gasteiger partial charge in [0.25, 0.3) is 0 Å². The second kappa shape index (κ2) is 8.70. The van der Waals surface area contributed by atoms with Crippen molar-refractivity contribution < 1.29 is 4.79 Å². The van der Waals surface area contributed by atoms with Crippen LogP contribution in [0.5, 0.6) is 0 Å². The van der Waals surface area contributed by atoms with Crippen molar-refractivity contribution in [2.45, 2.75) is 42.1 Å². The third-order valence-corrected chi connectivity index (χ3v) is 6.28. The molecule has 1 amide bonds. The van der Waals surface area contributed by atoms with Crippen molar-refractivity contribution in [1.29, 1.82) is 5.26 Å². The van der Waals surface area contributed by atoms with Gasteiger partial charge in [0, 0.05) is 4.88 Å². The van der Waals surface area contributed by atoms with Crippen molar-refractivity contribution in [3.63, 3.8) is 0 Å². The minimum Gasteiger partial charge on any atom is -0.352 e. The fraction of sp³-hybridized carbons (Fsp3) is 0.368. The Hall–Kier alpha value is -1.45. The lowest BCUT2D eigenvalue weighted by atomic mass is 9.96. The fourth-order valence-corrected chi connectivity index (χ4v) is 4.71. The fourth-order valence-electron chi connectivity index (χ4n) is 3.11. The summed E-state index contributed by atoms with van der Waals surface area (Å²) >= 11 is 19.8. The van der Waals surface area contributed by atoms with E-state index in [1.165, 1.54) is 16.2 Å². The van der Waals surface area contributed by atoms with Gasteiger partial charge in [-0.3, -0.25) is 4.79 Å². The van der Waals surface area contributed by atoms with Gasteiger partial charge in [0.1, 0.15) is 17.2 Å². The molecule has 142 valence electrons. The molecule has 8 heteroatoms. The molecule has 0 aliphatic heterocycles. The summed E-state index contributed by atoms with van der Waals surface area (Å²) < 4.78 is -1.77. The van der Waals surface area contributed by atoms with Gasteiger partial charge >= 0.3 is 0 Å². The quantitative estimate of drug-likeness (QED) is 0.508. The third-order valence-electron chi connectivity index (χ3n) is 4.40. The molecule has 0 spiro atoms. The first kappa shape index (κ1) is 20.3. The Morgan fingerprint density at radius 2 is 1.93 bits per heavy atom. The van der Waals surface area contributed by atoms with Crippen LogP contribution in [0.4, 0.5) is 5.00 Å². The van der Waals surface area contributed by atoms with Crippen LogP contribution >= 0.6 is 46.1 Å². The average Bonchev–Trinajstić information content (AvgIpc) is 2.98. The van der Waals surface area contributed by atoms with Gasteiger partial charge in [-0.25, -0.2) is 0 Å². The summed E-state index contributed by atoms with van der Waals surface area (Å²) in [5, 5.41) is 16.0. The van der Waals surface area contributed by atoms with Crippen LogP contribution in [-0.4, -0.2) is 15.9 Å². The first-order valence-electron chi connectivity index (χ1n) is 8.59. The Kier molecular flexibility index (Phi) is 6.54. The van der Waals surface area contributed by atoms with E-state index in [0.29, 0.717) is 10.6 Å². The molecule has 0 fully saturated rings. The predicted molar refractivity (Wildman–Crippen MR) is 112 cm³/mol. The normalized spacial score (nSPS) is 14.7. The highest BCUT2D eigenvalue weighted by Crippen LogP contribution is 2.40. The van der Waals surface area contributed by atoms with E-state index in [1.807, 2.05) is 30.3 Å². The van der Waals surface area contributed by atoms with Crippen LogP contribution in [0, 0.1) is 11.3 Å². The number of carbonyl (C=O) groups is 1. The molecule has 1 aromatic carbocycles. The summed E-state index contributed by atoms with van der Waals surface area (Å²) in [7, 11) is 0. The Morgan fingerprint density at radius 3 is 2.59 bits per heavy atom.